The number of halogens is 1. The molecule has 0 saturated heterocycles. The minimum absolute atomic E-state index is 0.0552. The van der Waals surface area contributed by atoms with Crippen molar-refractivity contribution in [3.63, 3.8) is 0 Å². The first-order valence-corrected chi connectivity index (χ1v) is 10.3. The first-order valence-electron chi connectivity index (χ1n) is 10.3. The van der Waals surface area contributed by atoms with Crippen LogP contribution in [0.3, 0.4) is 0 Å². The molecule has 1 atom stereocenters. The van der Waals surface area contributed by atoms with Crippen LogP contribution in [0.2, 0.25) is 0 Å². The number of benzene rings is 3. The summed E-state index contributed by atoms with van der Waals surface area (Å²) in [6.45, 7) is 1.92. The van der Waals surface area contributed by atoms with E-state index in [1.165, 1.54) is 31.3 Å². The summed E-state index contributed by atoms with van der Waals surface area (Å²) in [4.78, 5) is 28.7. The second-order valence-corrected chi connectivity index (χ2v) is 7.85. The smallest absolute Gasteiger partial charge is 0.295 e. The Bertz CT molecular complexity index is 1480. The molecule has 2 heterocycles. The first kappa shape index (κ1) is 20.8. The lowest BCUT2D eigenvalue weighted by atomic mass is 9.97. The quantitative estimate of drug-likeness (QED) is 0.442. The van der Waals surface area contributed by atoms with Gasteiger partial charge in [0.2, 0.25) is 5.76 Å². The maximum absolute atomic E-state index is 13.9. The van der Waals surface area contributed by atoms with Crippen LogP contribution in [-0.2, 0) is 0 Å². The topological polar surface area (TPSA) is 69.0 Å². The van der Waals surface area contributed by atoms with E-state index >= 15 is 0 Å². The van der Waals surface area contributed by atoms with Crippen molar-refractivity contribution in [2.75, 3.05) is 19.1 Å². The van der Waals surface area contributed by atoms with E-state index in [1.807, 2.05) is 25.1 Å². The molecular weight excluding hydrogens is 425 g/mol. The molecule has 0 radical (unpaired) electrons. The summed E-state index contributed by atoms with van der Waals surface area (Å²) in [5.74, 6) is -0.0896. The summed E-state index contributed by atoms with van der Waals surface area (Å²) in [6.07, 6.45) is 0. The van der Waals surface area contributed by atoms with Gasteiger partial charge in [-0.1, -0.05) is 18.2 Å². The predicted molar refractivity (Wildman–Crippen MR) is 122 cm³/mol. The zero-order valence-corrected chi connectivity index (χ0v) is 18.2. The van der Waals surface area contributed by atoms with Crippen LogP contribution in [0.5, 0.6) is 11.5 Å². The van der Waals surface area contributed by atoms with Crippen molar-refractivity contribution < 1.29 is 23.1 Å². The monoisotopic (exact) mass is 445 g/mol. The second-order valence-electron chi connectivity index (χ2n) is 7.85. The molecule has 3 aromatic carbocycles. The van der Waals surface area contributed by atoms with Crippen molar-refractivity contribution in [1.82, 2.24) is 0 Å². The molecule has 0 spiro atoms. The lowest BCUT2D eigenvalue weighted by Gasteiger charge is -2.26. The highest BCUT2D eigenvalue weighted by Crippen LogP contribution is 2.43. The number of carbonyl (C=O) groups is 1. The molecular formula is C26H20FNO5. The highest BCUT2D eigenvalue weighted by Gasteiger charge is 2.44. The summed E-state index contributed by atoms with van der Waals surface area (Å²) < 4.78 is 30.6. The summed E-state index contributed by atoms with van der Waals surface area (Å²) >= 11 is 0. The van der Waals surface area contributed by atoms with Gasteiger partial charge in [-0.05, 0) is 60.5 Å². The van der Waals surface area contributed by atoms with Crippen LogP contribution >= 0.6 is 0 Å². The van der Waals surface area contributed by atoms with Crippen LogP contribution in [0.25, 0.3) is 11.0 Å². The van der Waals surface area contributed by atoms with Gasteiger partial charge < -0.3 is 13.9 Å². The molecule has 0 fully saturated rings. The molecule has 4 aromatic rings. The molecule has 0 bridgehead atoms. The molecule has 1 amide bonds. The van der Waals surface area contributed by atoms with Gasteiger partial charge >= 0.3 is 0 Å². The number of hydrogen-bond donors (Lipinski definition) is 0. The Morgan fingerprint density at radius 2 is 1.73 bits per heavy atom. The Morgan fingerprint density at radius 1 is 0.939 bits per heavy atom. The maximum Gasteiger partial charge on any atom is 0.295 e. The lowest BCUT2D eigenvalue weighted by Crippen LogP contribution is -2.29. The van der Waals surface area contributed by atoms with Crippen LogP contribution in [0.4, 0.5) is 10.1 Å². The van der Waals surface area contributed by atoms with Gasteiger partial charge in [0, 0.05) is 5.69 Å². The van der Waals surface area contributed by atoms with Gasteiger partial charge in [0.1, 0.15) is 11.4 Å². The lowest BCUT2D eigenvalue weighted by molar-refractivity contribution is 0.0971. The van der Waals surface area contributed by atoms with Gasteiger partial charge in [0.15, 0.2) is 16.9 Å². The van der Waals surface area contributed by atoms with Gasteiger partial charge in [-0.15, -0.1) is 0 Å². The number of nitrogens with zero attached hydrogens (tertiary/aromatic N) is 1. The molecule has 0 aliphatic carbocycles. The number of rotatable bonds is 4. The molecule has 166 valence electrons. The molecule has 0 saturated carbocycles. The zero-order chi connectivity index (χ0) is 23.3. The van der Waals surface area contributed by atoms with E-state index in [1.54, 1.807) is 24.3 Å². The van der Waals surface area contributed by atoms with E-state index in [0.29, 0.717) is 22.7 Å². The van der Waals surface area contributed by atoms with Gasteiger partial charge in [0.05, 0.1) is 31.2 Å². The zero-order valence-electron chi connectivity index (χ0n) is 18.2. The molecule has 6 nitrogen and oxygen atoms in total. The number of ether oxygens (including phenoxy) is 2. The molecule has 1 unspecified atom stereocenters. The summed E-state index contributed by atoms with van der Waals surface area (Å²) in [7, 11) is 3.04. The molecule has 1 aliphatic heterocycles. The third-order valence-corrected chi connectivity index (χ3v) is 5.84. The van der Waals surface area contributed by atoms with Gasteiger partial charge in [-0.3, -0.25) is 14.5 Å². The Kier molecular flexibility index (Phi) is 4.89. The fraction of sp³-hybridized carbons (Fsp3) is 0.154. The molecule has 33 heavy (non-hydrogen) atoms. The summed E-state index contributed by atoms with van der Waals surface area (Å²) in [5.41, 5.74) is 2.06. The van der Waals surface area contributed by atoms with Crippen LogP contribution in [0, 0.1) is 12.7 Å². The molecule has 0 N–H and O–H groups in total. The van der Waals surface area contributed by atoms with E-state index < -0.39 is 23.2 Å². The fourth-order valence-electron chi connectivity index (χ4n) is 4.33. The van der Waals surface area contributed by atoms with Crippen molar-refractivity contribution in [2.24, 2.45) is 0 Å². The summed E-state index contributed by atoms with van der Waals surface area (Å²) in [6, 6.07) is 15.5. The molecule has 1 aliphatic rings. The van der Waals surface area contributed by atoms with Crippen molar-refractivity contribution in [2.45, 2.75) is 13.0 Å². The normalized spacial score (nSPS) is 15.1. The Morgan fingerprint density at radius 3 is 2.45 bits per heavy atom. The Balaban J connectivity index is 1.82. The van der Waals surface area contributed by atoms with Crippen molar-refractivity contribution in [3.05, 3.63) is 99.2 Å². The largest absolute Gasteiger partial charge is 0.493 e. The van der Waals surface area contributed by atoms with Crippen LogP contribution in [0.15, 0.2) is 69.9 Å². The highest BCUT2D eigenvalue weighted by molar-refractivity contribution is 6.10. The van der Waals surface area contributed by atoms with Crippen molar-refractivity contribution >= 4 is 22.6 Å². The molecule has 7 heteroatoms. The second kappa shape index (κ2) is 7.78. The van der Waals surface area contributed by atoms with Gasteiger partial charge in [0.25, 0.3) is 5.91 Å². The first-order chi connectivity index (χ1) is 15.9. The molecule has 5 rings (SSSR count). The predicted octanol–water partition coefficient (Wildman–Crippen LogP) is 5.01. The summed E-state index contributed by atoms with van der Waals surface area (Å²) in [5, 5.41) is 0.0816. The molecule has 1 aromatic heterocycles. The van der Waals surface area contributed by atoms with E-state index in [-0.39, 0.29) is 22.3 Å². The van der Waals surface area contributed by atoms with E-state index in [9.17, 15) is 14.0 Å². The van der Waals surface area contributed by atoms with Crippen molar-refractivity contribution in [1.29, 1.82) is 0 Å². The highest BCUT2D eigenvalue weighted by atomic mass is 19.1. The minimum atomic E-state index is -0.793. The number of fused-ring (bicyclic) bond motifs is 2. The minimum Gasteiger partial charge on any atom is -0.493 e. The fourth-order valence-corrected chi connectivity index (χ4v) is 4.33. The Labute approximate surface area is 188 Å². The SMILES string of the molecule is COc1ccc(C2c3c(oc4ccc(F)cc4c3=O)C(=O)N2c2cccc(C)c2)cc1OC. The van der Waals surface area contributed by atoms with E-state index in [0.717, 1.165) is 11.6 Å². The average molecular weight is 445 g/mol. The third-order valence-electron chi connectivity index (χ3n) is 5.84. The number of amides is 1. The van der Waals surface area contributed by atoms with Gasteiger partial charge in [-0.2, -0.15) is 0 Å². The van der Waals surface area contributed by atoms with E-state index in [4.69, 9.17) is 13.9 Å². The number of hydrogen-bond acceptors (Lipinski definition) is 5. The van der Waals surface area contributed by atoms with E-state index in [2.05, 4.69) is 0 Å². The number of carbonyl (C=O) groups excluding carboxylic acids is 1. The third kappa shape index (κ3) is 3.24. The van der Waals surface area contributed by atoms with Crippen LogP contribution in [0.1, 0.15) is 33.3 Å². The number of aryl methyl sites for hydroxylation is 1. The number of anilines is 1. The number of methoxy groups -OCH3 is 2. The van der Waals surface area contributed by atoms with Crippen molar-refractivity contribution in [3.8, 4) is 11.5 Å². The van der Waals surface area contributed by atoms with Gasteiger partial charge in [-0.25, -0.2) is 4.39 Å². The van der Waals surface area contributed by atoms with Crippen LogP contribution in [-0.4, -0.2) is 20.1 Å². The maximum atomic E-state index is 13.9. The standard InChI is InChI=1S/C26H20FNO5/c1-14-5-4-6-17(11-14)28-23(15-7-9-20(31-2)21(12-15)32-3)22-24(29)18-13-16(27)8-10-19(18)33-25(22)26(28)30/h4-13,23H,1-3H3. The Hall–Kier alpha value is -4.13. The van der Waals surface area contributed by atoms with Crippen LogP contribution < -0.4 is 19.8 Å². The average Bonchev–Trinajstić information content (AvgIpc) is 3.11.